The molecule has 25 heavy (non-hydrogen) atoms. The number of benzene rings is 1. The third-order valence-corrected chi connectivity index (χ3v) is 5.56. The van der Waals surface area contributed by atoms with Crippen LogP contribution in [-0.4, -0.2) is 41.0 Å². The zero-order valence-electron chi connectivity index (χ0n) is 14.9. The first-order valence-corrected chi connectivity index (χ1v) is 9.39. The van der Waals surface area contributed by atoms with Crippen LogP contribution in [0, 0.1) is 12.8 Å². The molecule has 1 aromatic carbocycles. The Balaban J connectivity index is 1.56. The average Bonchev–Trinajstić information content (AvgIpc) is 3.30. The van der Waals surface area contributed by atoms with Crippen molar-refractivity contribution < 1.29 is 14.7 Å². The molecular formula is C20H28N2O3. The second-order valence-corrected chi connectivity index (χ2v) is 7.29. The summed E-state index contributed by atoms with van der Waals surface area (Å²) in [5, 5.41) is 13.2. The Morgan fingerprint density at radius 1 is 1.20 bits per heavy atom. The van der Waals surface area contributed by atoms with E-state index in [1.807, 2.05) is 31.2 Å². The second kappa shape index (κ2) is 8.00. The summed E-state index contributed by atoms with van der Waals surface area (Å²) >= 11 is 0. The molecule has 2 aliphatic rings. The highest BCUT2D eigenvalue weighted by atomic mass is 16.3. The summed E-state index contributed by atoms with van der Waals surface area (Å²) in [5.41, 5.74) is 1.83. The molecule has 0 aromatic heterocycles. The predicted molar refractivity (Wildman–Crippen MR) is 95.8 cm³/mol. The number of carbonyl (C=O) groups excluding carboxylic acids is 2. The van der Waals surface area contributed by atoms with Gasteiger partial charge in [0.1, 0.15) is 6.04 Å². The third-order valence-electron chi connectivity index (χ3n) is 5.56. The molecule has 1 aromatic rings. The van der Waals surface area contributed by atoms with Crippen molar-refractivity contribution in [1.29, 1.82) is 0 Å². The molecule has 2 atom stereocenters. The van der Waals surface area contributed by atoms with Gasteiger partial charge < -0.3 is 15.3 Å². The second-order valence-electron chi connectivity index (χ2n) is 7.29. The SMILES string of the molecule is Cc1ccccc1C(O)CNC(=O)C1CCCN1C(=O)C1CCCC1. The van der Waals surface area contributed by atoms with E-state index in [2.05, 4.69) is 5.32 Å². The molecule has 1 heterocycles. The molecular weight excluding hydrogens is 316 g/mol. The molecule has 0 radical (unpaired) electrons. The smallest absolute Gasteiger partial charge is 0.242 e. The van der Waals surface area contributed by atoms with Crippen molar-refractivity contribution in [2.75, 3.05) is 13.1 Å². The van der Waals surface area contributed by atoms with E-state index in [1.54, 1.807) is 4.90 Å². The van der Waals surface area contributed by atoms with Gasteiger partial charge in [-0.3, -0.25) is 9.59 Å². The number of hydrogen-bond donors (Lipinski definition) is 2. The van der Waals surface area contributed by atoms with Crippen molar-refractivity contribution in [2.24, 2.45) is 5.92 Å². The fourth-order valence-electron chi connectivity index (χ4n) is 4.10. The zero-order chi connectivity index (χ0) is 17.8. The molecule has 1 aliphatic heterocycles. The summed E-state index contributed by atoms with van der Waals surface area (Å²) < 4.78 is 0. The first-order chi connectivity index (χ1) is 12.1. The van der Waals surface area contributed by atoms with Crippen molar-refractivity contribution in [3.05, 3.63) is 35.4 Å². The largest absolute Gasteiger partial charge is 0.387 e. The van der Waals surface area contributed by atoms with Gasteiger partial charge >= 0.3 is 0 Å². The van der Waals surface area contributed by atoms with E-state index in [0.717, 1.165) is 43.2 Å². The number of hydrogen-bond acceptors (Lipinski definition) is 3. The summed E-state index contributed by atoms with van der Waals surface area (Å²) in [6.07, 6.45) is 4.99. The van der Waals surface area contributed by atoms with Gasteiger partial charge in [-0.2, -0.15) is 0 Å². The van der Waals surface area contributed by atoms with Gasteiger partial charge in [0.25, 0.3) is 0 Å². The topological polar surface area (TPSA) is 69.6 Å². The van der Waals surface area contributed by atoms with Crippen molar-refractivity contribution >= 4 is 11.8 Å². The molecule has 2 N–H and O–H groups in total. The summed E-state index contributed by atoms with van der Waals surface area (Å²) in [7, 11) is 0. The molecule has 2 fully saturated rings. The lowest BCUT2D eigenvalue weighted by atomic mass is 10.0. The monoisotopic (exact) mass is 344 g/mol. The molecule has 136 valence electrons. The highest BCUT2D eigenvalue weighted by Gasteiger charge is 2.37. The van der Waals surface area contributed by atoms with Crippen molar-refractivity contribution in [1.82, 2.24) is 10.2 Å². The van der Waals surface area contributed by atoms with Crippen LogP contribution in [0.4, 0.5) is 0 Å². The summed E-state index contributed by atoms with van der Waals surface area (Å²) in [4.78, 5) is 27.0. The number of aliphatic hydroxyl groups excluding tert-OH is 1. The van der Waals surface area contributed by atoms with Crippen LogP contribution in [0.1, 0.15) is 55.8 Å². The first-order valence-electron chi connectivity index (χ1n) is 9.39. The van der Waals surface area contributed by atoms with E-state index in [0.29, 0.717) is 13.0 Å². The molecule has 1 aliphatic carbocycles. The Kier molecular flexibility index (Phi) is 5.74. The van der Waals surface area contributed by atoms with E-state index < -0.39 is 6.10 Å². The van der Waals surface area contributed by atoms with Gasteiger partial charge in [0.05, 0.1) is 6.10 Å². The van der Waals surface area contributed by atoms with Crippen LogP contribution in [0.5, 0.6) is 0 Å². The molecule has 2 unspecified atom stereocenters. The fraction of sp³-hybridized carbons (Fsp3) is 0.600. The minimum atomic E-state index is -0.731. The Morgan fingerprint density at radius 2 is 1.92 bits per heavy atom. The Morgan fingerprint density at radius 3 is 2.64 bits per heavy atom. The van der Waals surface area contributed by atoms with Crippen LogP contribution in [0.2, 0.25) is 0 Å². The molecule has 5 nitrogen and oxygen atoms in total. The molecule has 0 bridgehead atoms. The van der Waals surface area contributed by atoms with Crippen LogP contribution in [0.25, 0.3) is 0 Å². The Hall–Kier alpha value is -1.88. The van der Waals surface area contributed by atoms with Crippen molar-refractivity contribution in [3.8, 4) is 0 Å². The van der Waals surface area contributed by atoms with Gasteiger partial charge in [0, 0.05) is 19.0 Å². The van der Waals surface area contributed by atoms with Gasteiger partial charge in [0.15, 0.2) is 0 Å². The van der Waals surface area contributed by atoms with Crippen LogP contribution in [0.3, 0.4) is 0 Å². The number of nitrogens with zero attached hydrogens (tertiary/aromatic N) is 1. The molecule has 3 rings (SSSR count). The average molecular weight is 344 g/mol. The maximum Gasteiger partial charge on any atom is 0.242 e. The van der Waals surface area contributed by atoms with Gasteiger partial charge in [-0.05, 0) is 43.7 Å². The normalized spacial score (nSPS) is 22.2. The van der Waals surface area contributed by atoms with Crippen molar-refractivity contribution in [2.45, 2.75) is 57.6 Å². The summed E-state index contributed by atoms with van der Waals surface area (Å²) in [6, 6.07) is 7.25. The number of carbonyl (C=O) groups is 2. The van der Waals surface area contributed by atoms with E-state index in [-0.39, 0.29) is 30.3 Å². The van der Waals surface area contributed by atoms with Crippen LogP contribution < -0.4 is 5.32 Å². The maximum atomic E-state index is 12.7. The highest BCUT2D eigenvalue weighted by Crippen LogP contribution is 2.29. The van der Waals surface area contributed by atoms with Crippen molar-refractivity contribution in [3.63, 3.8) is 0 Å². The highest BCUT2D eigenvalue weighted by molar-refractivity contribution is 5.89. The lowest BCUT2D eigenvalue weighted by Gasteiger charge is -2.27. The van der Waals surface area contributed by atoms with E-state index >= 15 is 0 Å². The van der Waals surface area contributed by atoms with E-state index in [9.17, 15) is 14.7 Å². The lowest BCUT2D eigenvalue weighted by Crippen LogP contribution is -2.48. The van der Waals surface area contributed by atoms with Gasteiger partial charge in [-0.15, -0.1) is 0 Å². The Labute approximate surface area is 149 Å². The maximum absolute atomic E-state index is 12.7. The minimum absolute atomic E-state index is 0.103. The van der Waals surface area contributed by atoms with Crippen LogP contribution in [-0.2, 0) is 9.59 Å². The molecule has 5 heteroatoms. The fourth-order valence-corrected chi connectivity index (χ4v) is 4.10. The minimum Gasteiger partial charge on any atom is -0.387 e. The Bertz CT molecular complexity index is 625. The number of aryl methyl sites for hydroxylation is 1. The van der Waals surface area contributed by atoms with Gasteiger partial charge in [-0.1, -0.05) is 37.1 Å². The number of rotatable bonds is 5. The zero-order valence-corrected chi connectivity index (χ0v) is 14.9. The third kappa shape index (κ3) is 4.03. The number of nitrogens with one attached hydrogen (secondary N) is 1. The van der Waals surface area contributed by atoms with Gasteiger partial charge in [-0.25, -0.2) is 0 Å². The predicted octanol–water partition coefficient (Wildman–Crippen LogP) is 2.33. The summed E-state index contributed by atoms with van der Waals surface area (Å²) in [6.45, 7) is 2.79. The molecule has 2 amide bonds. The molecule has 0 spiro atoms. The molecule has 1 saturated heterocycles. The van der Waals surface area contributed by atoms with E-state index in [4.69, 9.17) is 0 Å². The lowest BCUT2D eigenvalue weighted by molar-refractivity contribution is -0.141. The standard InChI is InChI=1S/C20H28N2O3/c1-14-7-2-5-10-16(14)18(23)13-21-19(24)17-11-6-12-22(17)20(25)15-8-3-4-9-15/h2,5,7,10,15,17-18,23H,3-4,6,8-9,11-13H2,1H3,(H,21,24). The van der Waals surface area contributed by atoms with Gasteiger partial charge in [0.2, 0.25) is 11.8 Å². The van der Waals surface area contributed by atoms with Crippen LogP contribution >= 0.6 is 0 Å². The quantitative estimate of drug-likeness (QED) is 0.861. The number of likely N-dealkylation sites (tertiary alicyclic amines) is 1. The number of amides is 2. The first kappa shape index (κ1) is 17.9. The van der Waals surface area contributed by atoms with E-state index in [1.165, 1.54) is 0 Å². The number of aliphatic hydroxyl groups is 1. The summed E-state index contributed by atoms with van der Waals surface area (Å²) in [5.74, 6) is 0.108. The molecule has 1 saturated carbocycles. The van der Waals surface area contributed by atoms with Crippen LogP contribution in [0.15, 0.2) is 24.3 Å².